The van der Waals surface area contributed by atoms with E-state index in [2.05, 4.69) is 5.32 Å². The van der Waals surface area contributed by atoms with E-state index in [4.69, 9.17) is 5.21 Å². The molecule has 0 fully saturated rings. The van der Waals surface area contributed by atoms with Crippen molar-refractivity contribution in [3.05, 3.63) is 69.0 Å². The maximum atomic E-state index is 13.4. The quantitative estimate of drug-likeness (QED) is 0.451. The first kappa shape index (κ1) is 18.2. The van der Waals surface area contributed by atoms with Crippen LogP contribution in [0.25, 0.3) is 10.4 Å². The van der Waals surface area contributed by atoms with Crippen LogP contribution < -0.4 is 10.8 Å². The lowest BCUT2D eigenvalue weighted by Gasteiger charge is -2.11. The van der Waals surface area contributed by atoms with E-state index in [1.165, 1.54) is 41.1 Å². The van der Waals surface area contributed by atoms with Crippen LogP contribution in [0.4, 0.5) is 4.39 Å². The predicted octanol–water partition coefficient (Wildman–Crippen LogP) is 4.23. The molecule has 26 heavy (non-hydrogen) atoms. The number of amides is 2. The Kier molecular flexibility index (Phi) is 5.46. The molecule has 1 aromatic carbocycles. The van der Waals surface area contributed by atoms with Crippen molar-refractivity contribution in [1.29, 1.82) is 0 Å². The number of hydroxylamine groups is 1. The molecule has 0 saturated carbocycles. The summed E-state index contributed by atoms with van der Waals surface area (Å²) < 4.78 is 13.4. The summed E-state index contributed by atoms with van der Waals surface area (Å²) in [7, 11) is 0. The number of nitrogens with one attached hydrogen (secondary N) is 2. The average molecular weight is 390 g/mol. The van der Waals surface area contributed by atoms with Crippen LogP contribution in [0.2, 0.25) is 0 Å². The predicted molar refractivity (Wildman–Crippen MR) is 99.2 cm³/mol. The molecule has 134 valence electrons. The molecular formula is C18H15FN2O3S2. The maximum Gasteiger partial charge on any atom is 0.284 e. The first-order chi connectivity index (χ1) is 12.5. The Morgan fingerprint density at radius 3 is 2.46 bits per heavy atom. The molecule has 3 rings (SSSR count). The number of hydrogen-bond acceptors (Lipinski definition) is 5. The van der Waals surface area contributed by atoms with Crippen molar-refractivity contribution in [2.75, 3.05) is 0 Å². The zero-order valence-corrected chi connectivity index (χ0v) is 15.3. The molecule has 0 bridgehead atoms. The largest absolute Gasteiger partial charge is 0.344 e. The first-order valence-electron chi connectivity index (χ1n) is 7.68. The van der Waals surface area contributed by atoms with E-state index in [-0.39, 0.29) is 22.6 Å². The van der Waals surface area contributed by atoms with E-state index >= 15 is 0 Å². The molecule has 0 spiro atoms. The molecule has 2 heterocycles. The smallest absolute Gasteiger partial charge is 0.284 e. The zero-order valence-electron chi connectivity index (χ0n) is 13.7. The van der Waals surface area contributed by atoms with Crippen LogP contribution in [0.1, 0.15) is 37.2 Å². The Morgan fingerprint density at radius 1 is 1.04 bits per heavy atom. The number of benzene rings is 1. The summed E-state index contributed by atoms with van der Waals surface area (Å²) >= 11 is 2.47. The Morgan fingerprint density at radius 2 is 1.77 bits per heavy atom. The topological polar surface area (TPSA) is 78.4 Å². The molecule has 0 aliphatic rings. The second-order valence-corrected chi connectivity index (χ2v) is 7.71. The van der Waals surface area contributed by atoms with E-state index < -0.39 is 5.91 Å². The summed E-state index contributed by atoms with van der Waals surface area (Å²) in [5.41, 5.74) is 2.33. The fraction of sp³-hybridized carbons (Fsp3) is 0.111. The van der Waals surface area contributed by atoms with Gasteiger partial charge in [0.1, 0.15) is 5.82 Å². The minimum Gasteiger partial charge on any atom is -0.344 e. The number of carbonyl (C=O) groups is 2. The van der Waals surface area contributed by atoms with Gasteiger partial charge in [-0.25, -0.2) is 9.87 Å². The second-order valence-electron chi connectivity index (χ2n) is 5.51. The normalized spacial score (nSPS) is 11.8. The van der Waals surface area contributed by atoms with Crippen LogP contribution in [0.5, 0.6) is 0 Å². The van der Waals surface area contributed by atoms with E-state index in [1.807, 2.05) is 25.1 Å². The highest BCUT2D eigenvalue weighted by molar-refractivity contribution is 7.16. The van der Waals surface area contributed by atoms with Gasteiger partial charge in [0.25, 0.3) is 11.8 Å². The lowest BCUT2D eigenvalue weighted by atomic mass is 10.2. The Labute approximate surface area is 157 Å². The van der Waals surface area contributed by atoms with Crippen LogP contribution in [0.3, 0.4) is 0 Å². The van der Waals surface area contributed by atoms with Crippen molar-refractivity contribution in [2.24, 2.45) is 0 Å². The molecule has 3 aromatic rings. The van der Waals surface area contributed by atoms with E-state index in [1.54, 1.807) is 6.07 Å². The standard InChI is InChI=1S/C18H15FN2O3S2/c1-10(20-17(22)15-7-8-16(26-15)18(23)21-24)13-5-6-14(25-13)11-3-2-4-12(19)9-11/h2-10,24H,1H3,(H,20,22)(H,21,23). The highest BCUT2D eigenvalue weighted by atomic mass is 32.1. The SMILES string of the molecule is CC(NC(=O)c1ccc(C(=O)NO)s1)c1ccc(-c2cccc(F)c2)s1. The number of hydrogen-bond donors (Lipinski definition) is 3. The molecule has 1 atom stereocenters. The summed E-state index contributed by atoms with van der Waals surface area (Å²) in [4.78, 5) is 26.1. The van der Waals surface area contributed by atoms with Crippen molar-refractivity contribution in [2.45, 2.75) is 13.0 Å². The molecule has 0 radical (unpaired) electrons. The zero-order chi connectivity index (χ0) is 18.7. The van der Waals surface area contributed by atoms with Gasteiger partial charge in [-0.2, -0.15) is 0 Å². The highest BCUT2D eigenvalue weighted by Gasteiger charge is 2.17. The molecule has 0 aliphatic carbocycles. The van der Waals surface area contributed by atoms with Gasteiger partial charge in [0.05, 0.1) is 15.8 Å². The van der Waals surface area contributed by atoms with Gasteiger partial charge >= 0.3 is 0 Å². The van der Waals surface area contributed by atoms with E-state index in [0.29, 0.717) is 4.88 Å². The van der Waals surface area contributed by atoms with Gasteiger partial charge in [0, 0.05) is 9.75 Å². The minimum absolute atomic E-state index is 0.243. The molecule has 1 unspecified atom stereocenters. The summed E-state index contributed by atoms with van der Waals surface area (Å²) in [6.07, 6.45) is 0. The molecule has 8 heteroatoms. The summed E-state index contributed by atoms with van der Waals surface area (Å²) in [6.45, 7) is 1.86. The van der Waals surface area contributed by atoms with Crippen LogP contribution in [0.15, 0.2) is 48.5 Å². The number of carbonyl (C=O) groups excluding carboxylic acids is 2. The van der Waals surface area contributed by atoms with Crippen LogP contribution in [-0.4, -0.2) is 17.0 Å². The molecule has 0 aliphatic heterocycles. The minimum atomic E-state index is -0.653. The van der Waals surface area contributed by atoms with Gasteiger partial charge in [0.2, 0.25) is 0 Å². The highest BCUT2D eigenvalue weighted by Crippen LogP contribution is 2.32. The fourth-order valence-corrected chi connectivity index (χ4v) is 4.16. The third-order valence-electron chi connectivity index (χ3n) is 3.67. The monoisotopic (exact) mass is 390 g/mol. The van der Waals surface area contributed by atoms with Crippen molar-refractivity contribution < 1.29 is 19.2 Å². The number of thiophene rings is 2. The Balaban J connectivity index is 1.70. The van der Waals surface area contributed by atoms with Crippen LogP contribution >= 0.6 is 22.7 Å². The average Bonchev–Trinajstić information content (AvgIpc) is 3.30. The van der Waals surface area contributed by atoms with Crippen molar-refractivity contribution in [3.63, 3.8) is 0 Å². The summed E-state index contributed by atoms with van der Waals surface area (Å²) in [5, 5.41) is 11.5. The van der Waals surface area contributed by atoms with Gasteiger partial charge < -0.3 is 5.32 Å². The molecule has 5 nitrogen and oxygen atoms in total. The molecule has 3 N–H and O–H groups in total. The maximum absolute atomic E-state index is 13.4. The Bertz CT molecular complexity index is 951. The van der Waals surface area contributed by atoms with E-state index in [9.17, 15) is 14.0 Å². The third kappa shape index (κ3) is 3.98. The summed E-state index contributed by atoms with van der Waals surface area (Å²) in [5.74, 6) is -1.25. The van der Waals surface area contributed by atoms with Crippen LogP contribution in [0, 0.1) is 5.82 Å². The number of halogens is 1. The second kappa shape index (κ2) is 7.77. The van der Waals surface area contributed by atoms with Crippen molar-refractivity contribution >= 4 is 34.5 Å². The lowest BCUT2D eigenvalue weighted by molar-refractivity contribution is 0.0711. The van der Waals surface area contributed by atoms with Gasteiger partial charge in [-0.3, -0.25) is 14.8 Å². The molecule has 2 aromatic heterocycles. The number of rotatable bonds is 5. The van der Waals surface area contributed by atoms with Gasteiger partial charge in [-0.15, -0.1) is 22.7 Å². The molecule has 0 saturated heterocycles. The molecular weight excluding hydrogens is 375 g/mol. The van der Waals surface area contributed by atoms with Crippen LogP contribution in [-0.2, 0) is 0 Å². The van der Waals surface area contributed by atoms with Gasteiger partial charge in [0.15, 0.2) is 0 Å². The van der Waals surface area contributed by atoms with Crippen molar-refractivity contribution in [3.8, 4) is 10.4 Å². The third-order valence-corrected chi connectivity index (χ3v) is 6.07. The fourth-order valence-electron chi connectivity index (χ4n) is 2.36. The first-order valence-corrected chi connectivity index (χ1v) is 9.32. The van der Waals surface area contributed by atoms with Gasteiger partial charge in [-0.1, -0.05) is 12.1 Å². The lowest BCUT2D eigenvalue weighted by Crippen LogP contribution is -2.25. The van der Waals surface area contributed by atoms with E-state index in [0.717, 1.165) is 26.7 Å². The molecule has 2 amide bonds. The summed E-state index contributed by atoms with van der Waals surface area (Å²) in [6, 6.07) is 12.9. The van der Waals surface area contributed by atoms with Crippen molar-refractivity contribution in [1.82, 2.24) is 10.8 Å². The Hall–Kier alpha value is -2.55. The van der Waals surface area contributed by atoms with Gasteiger partial charge in [-0.05, 0) is 48.9 Å².